The maximum Gasteiger partial charge on any atom is 0.228 e. The molecular weight excluding hydrogens is 314 g/mol. The van der Waals surface area contributed by atoms with Gasteiger partial charge >= 0.3 is 0 Å². The lowest BCUT2D eigenvalue weighted by molar-refractivity contribution is -0.135. The molecule has 5 rings (SSSR count). The third-order valence-electron chi connectivity index (χ3n) is 7.14. The van der Waals surface area contributed by atoms with Gasteiger partial charge in [0.25, 0.3) is 0 Å². The smallest absolute Gasteiger partial charge is 0.228 e. The second-order valence-electron chi connectivity index (χ2n) is 8.43. The molecule has 3 heterocycles. The van der Waals surface area contributed by atoms with Crippen molar-refractivity contribution in [3.63, 3.8) is 0 Å². The van der Waals surface area contributed by atoms with Gasteiger partial charge in [0, 0.05) is 45.0 Å². The Morgan fingerprint density at radius 1 is 1.08 bits per heavy atom. The van der Waals surface area contributed by atoms with Gasteiger partial charge < -0.3 is 9.80 Å². The number of amides is 2. The predicted molar refractivity (Wildman–Crippen MR) is 92.2 cm³/mol. The average Bonchev–Trinajstić information content (AvgIpc) is 3.37. The second kappa shape index (κ2) is 5.82. The van der Waals surface area contributed by atoms with Crippen LogP contribution in [0, 0.1) is 29.6 Å². The quantitative estimate of drug-likeness (QED) is 0.846. The van der Waals surface area contributed by atoms with Crippen LogP contribution in [0.25, 0.3) is 0 Å². The van der Waals surface area contributed by atoms with Gasteiger partial charge in [-0.1, -0.05) is 0 Å². The lowest BCUT2D eigenvalue weighted by Crippen LogP contribution is -2.36. The Balaban J connectivity index is 1.23. The van der Waals surface area contributed by atoms with E-state index in [-0.39, 0.29) is 17.7 Å². The van der Waals surface area contributed by atoms with Crippen LogP contribution in [0.5, 0.6) is 0 Å². The predicted octanol–water partition coefficient (Wildman–Crippen LogP) is 1.93. The van der Waals surface area contributed by atoms with Crippen molar-refractivity contribution in [2.45, 2.75) is 32.2 Å². The summed E-state index contributed by atoms with van der Waals surface area (Å²) < 4.78 is 0. The first-order valence-corrected chi connectivity index (χ1v) is 9.64. The Labute approximate surface area is 148 Å². The van der Waals surface area contributed by atoms with Gasteiger partial charge in [0.05, 0.1) is 5.92 Å². The lowest BCUT2D eigenvalue weighted by atomic mass is 9.82. The van der Waals surface area contributed by atoms with Crippen molar-refractivity contribution in [3.05, 3.63) is 30.1 Å². The lowest BCUT2D eigenvalue weighted by Gasteiger charge is -2.22. The van der Waals surface area contributed by atoms with Crippen molar-refractivity contribution < 1.29 is 9.59 Å². The van der Waals surface area contributed by atoms with Crippen LogP contribution in [0.4, 0.5) is 0 Å². The molecule has 0 spiro atoms. The molecule has 2 aliphatic carbocycles. The van der Waals surface area contributed by atoms with Crippen LogP contribution in [0.1, 0.15) is 31.2 Å². The first-order chi connectivity index (χ1) is 12.2. The molecule has 132 valence electrons. The van der Waals surface area contributed by atoms with Crippen LogP contribution in [0.3, 0.4) is 0 Å². The zero-order chi connectivity index (χ0) is 17.0. The molecule has 2 amide bonds. The van der Waals surface area contributed by atoms with E-state index in [1.165, 1.54) is 19.3 Å². The van der Waals surface area contributed by atoms with E-state index in [0.717, 1.165) is 42.3 Å². The third-order valence-corrected chi connectivity index (χ3v) is 7.14. The number of nitrogens with zero attached hydrogens (tertiary/aromatic N) is 3. The van der Waals surface area contributed by atoms with Gasteiger partial charge in [0.15, 0.2) is 0 Å². The standard InChI is InChI=1S/C20H25N3O2/c24-19-8-16(10-22(19)9-13-3-5-21-6-4-13)20(25)23-11-17-14-1-2-15(7-14)18(17)12-23/h3-6,14-18H,1-2,7-12H2/t14-,15+,16-,17-,18+/m0/s1. The van der Waals surface area contributed by atoms with Crippen molar-refractivity contribution in [2.75, 3.05) is 19.6 Å². The van der Waals surface area contributed by atoms with E-state index in [0.29, 0.717) is 19.5 Å². The van der Waals surface area contributed by atoms with E-state index in [1.807, 2.05) is 17.0 Å². The normalized spacial score (nSPS) is 36.3. The fourth-order valence-electron chi connectivity index (χ4n) is 5.92. The minimum absolute atomic E-state index is 0.106. The molecule has 5 nitrogen and oxygen atoms in total. The zero-order valence-corrected chi connectivity index (χ0v) is 14.5. The van der Waals surface area contributed by atoms with Crippen LogP contribution in [0.2, 0.25) is 0 Å². The molecule has 2 saturated heterocycles. The monoisotopic (exact) mass is 339 g/mol. The average molecular weight is 339 g/mol. The molecule has 25 heavy (non-hydrogen) atoms. The molecule has 0 radical (unpaired) electrons. The SMILES string of the molecule is O=C1C[C@H](C(=O)N2C[C@@H]3[C@@H]4CC[C@@H](C4)[C@@H]3C2)CN1Cc1ccncc1. The van der Waals surface area contributed by atoms with E-state index in [1.54, 1.807) is 12.4 Å². The van der Waals surface area contributed by atoms with Gasteiger partial charge in [-0.15, -0.1) is 0 Å². The van der Waals surface area contributed by atoms with E-state index >= 15 is 0 Å². The summed E-state index contributed by atoms with van der Waals surface area (Å²) in [6.07, 6.45) is 8.01. The summed E-state index contributed by atoms with van der Waals surface area (Å²) in [6, 6.07) is 3.86. The molecule has 0 unspecified atom stereocenters. The summed E-state index contributed by atoms with van der Waals surface area (Å²) >= 11 is 0. The van der Waals surface area contributed by atoms with E-state index in [2.05, 4.69) is 9.88 Å². The molecule has 1 aromatic heterocycles. The van der Waals surface area contributed by atoms with Crippen LogP contribution >= 0.6 is 0 Å². The van der Waals surface area contributed by atoms with E-state index < -0.39 is 0 Å². The number of likely N-dealkylation sites (tertiary alicyclic amines) is 2. The Kier molecular flexibility index (Phi) is 3.57. The molecule has 4 aliphatic rings. The summed E-state index contributed by atoms with van der Waals surface area (Å²) in [5.41, 5.74) is 1.07. The minimum Gasteiger partial charge on any atom is -0.342 e. The molecule has 2 saturated carbocycles. The molecule has 5 atom stereocenters. The summed E-state index contributed by atoms with van der Waals surface area (Å²) in [6.45, 7) is 3.04. The summed E-state index contributed by atoms with van der Waals surface area (Å²) in [5, 5.41) is 0. The molecule has 2 bridgehead atoms. The summed E-state index contributed by atoms with van der Waals surface area (Å²) in [5.74, 6) is 3.39. The number of hydrogen-bond acceptors (Lipinski definition) is 3. The van der Waals surface area contributed by atoms with Gasteiger partial charge in [-0.25, -0.2) is 0 Å². The largest absolute Gasteiger partial charge is 0.342 e. The van der Waals surface area contributed by atoms with Crippen molar-refractivity contribution in [1.82, 2.24) is 14.8 Å². The number of carbonyl (C=O) groups excluding carboxylic acids is 2. The van der Waals surface area contributed by atoms with Gasteiger partial charge in [0.1, 0.15) is 0 Å². The maximum absolute atomic E-state index is 13.0. The van der Waals surface area contributed by atoms with Gasteiger partial charge in [-0.3, -0.25) is 14.6 Å². The number of rotatable bonds is 3. The van der Waals surface area contributed by atoms with Crippen molar-refractivity contribution in [1.29, 1.82) is 0 Å². The summed E-state index contributed by atoms with van der Waals surface area (Å²) in [4.78, 5) is 33.3. The molecule has 1 aromatic rings. The Bertz CT molecular complexity index is 673. The van der Waals surface area contributed by atoms with Crippen LogP contribution in [0.15, 0.2) is 24.5 Å². The van der Waals surface area contributed by atoms with E-state index in [4.69, 9.17) is 0 Å². The highest BCUT2D eigenvalue weighted by atomic mass is 16.2. The Morgan fingerprint density at radius 2 is 1.76 bits per heavy atom. The Hall–Kier alpha value is -1.91. The van der Waals surface area contributed by atoms with Gasteiger partial charge in [0.2, 0.25) is 11.8 Å². The number of fused-ring (bicyclic) bond motifs is 5. The Morgan fingerprint density at radius 3 is 2.44 bits per heavy atom. The first kappa shape index (κ1) is 15.4. The number of aromatic nitrogens is 1. The van der Waals surface area contributed by atoms with Crippen molar-refractivity contribution in [2.24, 2.45) is 29.6 Å². The van der Waals surface area contributed by atoms with Crippen LogP contribution in [-0.2, 0) is 16.1 Å². The molecule has 0 N–H and O–H groups in total. The fraction of sp³-hybridized carbons (Fsp3) is 0.650. The zero-order valence-electron chi connectivity index (χ0n) is 14.5. The third kappa shape index (κ3) is 2.55. The molecular formula is C20H25N3O2. The number of carbonyl (C=O) groups is 2. The minimum atomic E-state index is -0.147. The highest BCUT2D eigenvalue weighted by Gasteiger charge is 2.53. The molecule has 4 fully saturated rings. The highest BCUT2D eigenvalue weighted by molar-refractivity contribution is 5.89. The van der Waals surface area contributed by atoms with Crippen molar-refractivity contribution in [3.8, 4) is 0 Å². The van der Waals surface area contributed by atoms with Crippen LogP contribution in [-0.4, -0.2) is 46.2 Å². The molecule has 0 aromatic carbocycles. The van der Waals surface area contributed by atoms with Crippen LogP contribution < -0.4 is 0 Å². The molecule has 5 heteroatoms. The fourth-order valence-corrected chi connectivity index (χ4v) is 5.92. The summed E-state index contributed by atoms with van der Waals surface area (Å²) in [7, 11) is 0. The number of hydrogen-bond donors (Lipinski definition) is 0. The van der Waals surface area contributed by atoms with E-state index in [9.17, 15) is 9.59 Å². The maximum atomic E-state index is 13.0. The highest BCUT2D eigenvalue weighted by Crippen LogP contribution is 2.55. The molecule has 2 aliphatic heterocycles. The number of pyridine rings is 1. The van der Waals surface area contributed by atoms with Gasteiger partial charge in [-0.2, -0.15) is 0 Å². The first-order valence-electron chi connectivity index (χ1n) is 9.64. The van der Waals surface area contributed by atoms with Crippen molar-refractivity contribution >= 4 is 11.8 Å². The topological polar surface area (TPSA) is 53.5 Å². The van der Waals surface area contributed by atoms with Gasteiger partial charge in [-0.05, 0) is 60.6 Å². The second-order valence-corrected chi connectivity index (χ2v) is 8.43.